The van der Waals surface area contributed by atoms with Crippen LogP contribution in [0, 0.1) is 5.92 Å². The summed E-state index contributed by atoms with van der Waals surface area (Å²) in [7, 11) is 5.15. The third kappa shape index (κ3) is 8.42. The van der Waals surface area contributed by atoms with E-state index in [0.29, 0.717) is 11.9 Å². The maximum absolute atomic E-state index is 11.7. The van der Waals surface area contributed by atoms with Gasteiger partial charge in [0.15, 0.2) is 5.96 Å². The number of carbonyl (C=O) groups is 1. The van der Waals surface area contributed by atoms with Crippen LogP contribution in [0.1, 0.15) is 25.8 Å². The summed E-state index contributed by atoms with van der Waals surface area (Å²) in [4.78, 5) is 17.6. The molecule has 0 aromatic heterocycles. The van der Waals surface area contributed by atoms with Gasteiger partial charge in [0.1, 0.15) is 12.3 Å². The minimum Gasteiger partial charge on any atom is -0.497 e. The Morgan fingerprint density at radius 1 is 1.24 bits per heavy atom. The molecule has 0 aliphatic heterocycles. The highest BCUT2D eigenvalue weighted by molar-refractivity contribution is 5.84. The van der Waals surface area contributed by atoms with E-state index < -0.39 is 0 Å². The first-order valence-corrected chi connectivity index (χ1v) is 8.81. The highest BCUT2D eigenvalue weighted by Gasteiger charge is 2.07. The van der Waals surface area contributed by atoms with Crippen molar-refractivity contribution in [1.29, 1.82) is 0 Å². The normalized spacial score (nSPS) is 12.4. The van der Waals surface area contributed by atoms with Crippen LogP contribution in [0.25, 0.3) is 0 Å². The molecule has 1 aromatic carbocycles. The molecule has 0 spiro atoms. The number of nitrogens with one attached hydrogen (secondary N) is 2. The van der Waals surface area contributed by atoms with E-state index in [1.807, 2.05) is 12.1 Å². The van der Waals surface area contributed by atoms with Gasteiger partial charge >= 0.3 is 0 Å². The monoisotopic (exact) mass is 348 g/mol. The molecule has 140 valence electrons. The number of rotatable bonds is 9. The number of carbonyl (C=O) groups excluding carboxylic acids is 1. The molecule has 0 saturated carbocycles. The average molecular weight is 348 g/mol. The quantitative estimate of drug-likeness (QED) is 0.528. The maximum Gasteiger partial charge on any atom is 0.243 e. The second-order valence-electron chi connectivity index (χ2n) is 6.42. The Balaban J connectivity index is 2.52. The molecule has 0 fully saturated rings. The summed E-state index contributed by atoms with van der Waals surface area (Å²) in [6, 6.07) is 8.15. The number of ether oxygens (including phenoxy) is 1. The lowest BCUT2D eigenvalue weighted by molar-refractivity contribution is -0.127. The highest BCUT2D eigenvalue weighted by Crippen LogP contribution is 2.14. The minimum atomic E-state index is -0.0103. The molecule has 6 heteroatoms. The lowest BCUT2D eigenvalue weighted by Gasteiger charge is -2.17. The standard InChI is InChI=1S/C19H32N4O2/c1-6-11-20-19(22-14-18(24)23(3)4)21-13-15(2)12-16-7-9-17(25-5)10-8-16/h7-10,15H,6,11-14H2,1-5H3,(H2,20,21,22). The highest BCUT2D eigenvalue weighted by atomic mass is 16.5. The van der Waals surface area contributed by atoms with Crippen LogP contribution in [0.3, 0.4) is 0 Å². The molecule has 25 heavy (non-hydrogen) atoms. The van der Waals surface area contributed by atoms with Crippen molar-refractivity contribution in [1.82, 2.24) is 15.5 Å². The fourth-order valence-corrected chi connectivity index (χ4v) is 2.21. The van der Waals surface area contributed by atoms with E-state index in [-0.39, 0.29) is 12.5 Å². The number of hydrogen-bond donors (Lipinski definition) is 2. The molecular weight excluding hydrogens is 316 g/mol. The molecular formula is C19H32N4O2. The van der Waals surface area contributed by atoms with Crippen molar-refractivity contribution in [3.8, 4) is 5.75 Å². The Hall–Kier alpha value is -2.24. The number of likely N-dealkylation sites (N-methyl/N-ethyl adjacent to an activating group) is 1. The summed E-state index contributed by atoms with van der Waals surface area (Å²) < 4.78 is 5.19. The summed E-state index contributed by atoms with van der Waals surface area (Å²) in [5.74, 6) is 1.99. The zero-order valence-electron chi connectivity index (χ0n) is 16.1. The molecule has 0 saturated heterocycles. The molecule has 1 aromatic rings. The van der Waals surface area contributed by atoms with Gasteiger partial charge in [-0.25, -0.2) is 4.99 Å². The number of aliphatic imine (C=N–C) groups is 1. The van der Waals surface area contributed by atoms with Gasteiger partial charge in [-0.3, -0.25) is 4.79 Å². The number of nitrogens with zero attached hydrogens (tertiary/aromatic N) is 2. The van der Waals surface area contributed by atoms with Crippen LogP contribution in [-0.4, -0.2) is 57.6 Å². The number of methoxy groups -OCH3 is 1. The van der Waals surface area contributed by atoms with Crippen LogP contribution >= 0.6 is 0 Å². The molecule has 1 atom stereocenters. The Morgan fingerprint density at radius 2 is 1.92 bits per heavy atom. The predicted octanol–water partition coefficient (Wildman–Crippen LogP) is 1.91. The SMILES string of the molecule is CCCNC(=NCC(=O)N(C)C)NCC(C)Cc1ccc(OC)cc1. The van der Waals surface area contributed by atoms with Crippen molar-refractivity contribution in [2.45, 2.75) is 26.7 Å². The third-order valence-electron chi connectivity index (χ3n) is 3.77. The van der Waals surface area contributed by atoms with Crippen molar-refractivity contribution in [2.75, 3.05) is 40.8 Å². The van der Waals surface area contributed by atoms with Crippen molar-refractivity contribution in [3.63, 3.8) is 0 Å². The molecule has 1 amide bonds. The topological polar surface area (TPSA) is 66.0 Å². The summed E-state index contributed by atoms with van der Waals surface area (Å²) in [5, 5.41) is 6.58. The number of amides is 1. The molecule has 6 nitrogen and oxygen atoms in total. The lowest BCUT2D eigenvalue weighted by Crippen LogP contribution is -2.41. The van der Waals surface area contributed by atoms with E-state index in [1.54, 1.807) is 26.1 Å². The predicted molar refractivity (Wildman–Crippen MR) is 103 cm³/mol. The zero-order chi connectivity index (χ0) is 18.7. The van der Waals surface area contributed by atoms with Crippen molar-refractivity contribution < 1.29 is 9.53 Å². The van der Waals surface area contributed by atoms with Crippen LogP contribution in [-0.2, 0) is 11.2 Å². The Kier molecular flexibility index (Phi) is 9.43. The van der Waals surface area contributed by atoms with E-state index in [0.717, 1.165) is 31.7 Å². The van der Waals surface area contributed by atoms with Crippen LogP contribution in [0.4, 0.5) is 0 Å². The number of hydrogen-bond acceptors (Lipinski definition) is 3. The van der Waals surface area contributed by atoms with Gasteiger partial charge in [0.2, 0.25) is 5.91 Å². The van der Waals surface area contributed by atoms with Gasteiger partial charge in [-0.2, -0.15) is 0 Å². The first-order chi connectivity index (χ1) is 12.0. The minimum absolute atomic E-state index is 0.0103. The Morgan fingerprint density at radius 3 is 2.48 bits per heavy atom. The number of benzene rings is 1. The van der Waals surface area contributed by atoms with Crippen LogP contribution in [0.15, 0.2) is 29.3 Å². The van der Waals surface area contributed by atoms with E-state index >= 15 is 0 Å². The molecule has 0 bridgehead atoms. The zero-order valence-corrected chi connectivity index (χ0v) is 16.1. The van der Waals surface area contributed by atoms with Crippen molar-refractivity contribution >= 4 is 11.9 Å². The Bertz CT molecular complexity index is 541. The fourth-order valence-electron chi connectivity index (χ4n) is 2.21. The van der Waals surface area contributed by atoms with E-state index in [2.05, 4.69) is 41.6 Å². The molecule has 2 N–H and O–H groups in total. The van der Waals surface area contributed by atoms with Crippen LogP contribution in [0.5, 0.6) is 5.75 Å². The molecule has 0 aliphatic rings. The van der Waals surface area contributed by atoms with E-state index in [1.165, 1.54) is 5.56 Å². The summed E-state index contributed by atoms with van der Waals surface area (Å²) >= 11 is 0. The second kappa shape index (κ2) is 11.3. The lowest BCUT2D eigenvalue weighted by atomic mass is 10.0. The van der Waals surface area contributed by atoms with Gasteiger partial charge in [0.25, 0.3) is 0 Å². The first kappa shape index (κ1) is 20.8. The van der Waals surface area contributed by atoms with E-state index in [9.17, 15) is 4.79 Å². The summed E-state index contributed by atoms with van der Waals surface area (Å²) in [6.07, 6.45) is 1.97. The fraction of sp³-hybridized carbons (Fsp3) is 0.579. The molecule has 0 aliphatic carbocycles. The van der Waals surface area contributed by atoms with Gasteiger partial charge in [-0.1, -0.05) is 26.0 Å². The molecule has 0 heterocycles. The molecule has 0 radical (unpaired) electrons. The van der Waals surface area contributed by atoms with Gasteiger partial charge in [0.05, 0.1) is 7.11 Å². The Labute approximate surface area is 151 Å². The van der Waals surface area contributed by atoms with E-state index in [4.69, 9.17) is 4.74 Å². The number of guanidine groups is 1. The third-order valence-corrected chi connectivity index (χ3v) is 3.77. The van der Waals surface area contributed by atoms with Crippen molar-refractivity contribution in [3.05, 3.63) is 29.8 Å². The van der Waals surface area contributed by atoms with Gasteiger partial charge in [-0.05, 0) is 36.5 Å². The molecule has 1 rings (SSSR count). The smallest absolute Gasteiger partial charge is 0.243 e. The first-order valence-electron chi connectivity index (χ1n) is 8.81. The van der Waals surface area contributed by atoms with Gasteiger partial charge in [-0.15, -0.1) is 0 Å². The average Bonchev–Trinajstić information content (AvgIpc) is 2.61. The molecule has 1 unspecified atom stereocenters. The second-order valence-corrected chi connectivity index (χ2v) is 6.42. The van der Waals surface area contributed by atoms with Gasteiger partial charge in [0, 0.05) is 27.2 Å². The van der Waals surface area contributed by atoms with Crippen molar-refractivity contribution in [2.24, 2.45) is 10.9 Å². The van der Waals surface area contributed by atoms with Gasteiger partial charge < -0.3 is 20.3 Å². The maximum atomic E-state index is 11.7. The summed E-state index contributed by atoms with van der Waals surface area (Å²) in [6.45, 7) is 6.06. The van der Waals surface area contributed by atoms with Crippen LogP contribution in [0.2, 0.25) is 0 Å². The summed E-state index contributed by atoms with van der Waals surface area (Å²) in [5.41, 5.74) is 1.28. The van der Waals surface area contributed by atoms with Crippen LogP contribution < -0.4 is 15.4 Å². The largest absolute Gasteiger partial charge is 0.497 e.